The Balaban J connectivity index is 1.79. The third kappa shape index (κ3) is 4.90. The van der Waals surface area contributed by atoms with E-state index in [4.69, 9.17) is 0 Å². The molecule has 29 heavy (non-hydrogen) atoms. The lowest BCUT2D eigenvalue weighted by molar-refractivity contribution is -0.138. The molecule has 3 aromatic rings. The summed E-state index contributed by atoms with van der Waals surface area (Å²) in [7, 11) is 0. The number of halogens is 4. The molecule has 1 aromatic heterocycles. The normalized spacial score (nSPS) is 11.3. The molecule has 0 saturated heterocycles. The molecule has 1 amide bonds. The first-order chi connectivity index (χ1) is 13.8. The van der Waals surface area contributed by atoms with E-state index in [0.29, 0.717) is 6.07 Å². The van der Waals surface area contributed by atoms with Gasteiger partial charge in [0.2, 0.25) is 0 Å². The minimum atomic E-state index is -4.77. The molecule has 0 fully saturated rings. The number of carbonyl (C=O) groups is 1. The first-order valence-electron chi connectivity index (χ1n) is 8.63. The van der Waals surface area contributed by atoms with E-state index in [1.807, 2.05) is 30.3 Å². The summed E-state index contributed by atoms with van der Waals surface area (Å²) >= 11 is 0. The van der Waals surface area contributed by atoms with Gasteiger partial charge in [0.15, 0.2) is 0 Å². The minimum absolute atomic E-state index is 0.195. The average Bonchev–Trinajstić information content (AvgIpc) is 2.68. The van der Waals surface area contributed by atoms with Crippen molar-refractivity contribution >= 4 is 5.91 Å². The molecular formula is C21H16F4N2O2. The summed E-state index contributed by atoms with van der Waals surface area (Å²) in [5.41, 5.74) is -1.38. The van der Waals surface area contributed by atoms with Crippen molar-refractivity contribution in [1.29, 1.82) is 0 Å². The number of alkyl halides is 3. The fourth-order valence-corrected chi connectivity index (χ4v) is 2.85. The first kappa shape index (κ1) is 20.3. The molecule has 0 saturated carbocycles. The van der Waals surface area contributed by atoms with Gasteiger partial charge in [0.05, 0.1) is 12.1 Å². The van der Waals surface area contributed by atoms with Gasteiger partial charge >= 0.3 is 6.18 Å². The zero-order chi connectivity index (χ0) is 21.0. The van der Waals surface area contributed by atoms with Gasteiger partial charge in [0.25, 0.3) is 11.5 Å². The molecule has 0 aliphatic rings. The lowest BCUT2D eigenvalue weighted by Gasteiger charge is -2.14. The van der Waals surface area contributed by atoms with Crippen molar-refractivity contribution in [1.82, 2.24) is 9.88 Å². The van der Waals surface area contributed by atoms with Crippen molar-refractivity contribution in [2.24, 2.45) is 0 Å². The third-order valence-corrected chi connectivity index (χ3v) is 4.28. The number of rotatable bonds is 5. The van der Waals surface area contributed by atoms with Crippen molar-refractivity contribution in [3.8, 4) is 0 Å². The highest BCUT2D eigenvalue weighted by Gasteiger charge is 2.33. The maximum absolute atomic E-state index is 13.2. The highest BCUT2D eigenvalue weighted by Crippen LogP contribution is 2.32. The number of amides is 1. The Kier molecular flexibility index (Phi) is 5.81. The second-order valence-corrected chi connectivity index (χ2v) is 6.32. The van der Waals surface area contributed by atoms with E-state index < -0.39 is 35.6 Å². The van der Waals surface area contributed by atoms with Crippen molar-refractivity contribution in [3.63, 3.8) is 0 Å². The Morgan fingerprint density at radius 3 is 2.41 bits per heavy atom. The summed E-state index contributed by atoms with van der Waals surface area (Å²) in [6.07, 6.45) is -3.24. The fraction of sp³-hybridized carbons (Fsp3) is 0.143. The van der Waals surface area contributed by atoms with Crippen LogP contribution < -0.4 is 10.9 Å². The smallest absolute Gasteiger partial charge is 0.348 e. The highest BCUT2D eigenvalue weighted by molar-refractivity contribution is 5.93. The van der Waals surface area contributed by atoms with Gasteiger partial charge in [-0.25, -0.2) is 4.39 Å². The van der Waals surface area contributed by atoms with Crippen LogP contribution in [0.25, 0.3) is 0 Å². The zero-order valence-electron chi connectivity index (χ0n) is 15.0. The van der Waals surface area contributed by atoms with E-state index in [-0.39, 0.29) is 17.7 Å². The molecule has 8 heteroatoms. The molecule has 4 nitrogen and oxygen atoms in total. The van der Waals surface area contributed by atoms with Gasteiger partial charge in [-0.2, -0.15) is 13.2 Å². The standard InChI is InChI=1S/C21H16F4N2O2/c22-16-9-8-15(18(11-16)21(23,24)25)12-26-19(28)17-7-4-10-27(20(17)29)13-14-5-2-1-3-6-14/h1-11H,12-13H2,(H,26,28). The molecule has 3 rings (SSSR count). The van der Waals surface area contributed by atoms with E-state index in [0.717, 1.165) is 17.7 Å². The van der Waals surface area contributed by atoms with Gasteiger partial charge < -0.3 is 9.88 Å². The summed E-state index contributed by atoms with van der Waals surface area (Å²) in [5, 5.41) is 2.30. The van der Waals surface area contributed by atoms with Crippen molar-refractivity contribution in [2.45, 2.75) is 19.3 Å². The molecule has 0 aliphatic heterocycles. The number of benzene rings is 2. The van der Waals surface area contributed by atoms with Gasteiger partial charge in [-0.3, -0.25) is 9.59 Å². The predicted octanol–water partition coefficient (Wildman–Crippen LogP) is 3.98. The Morgan fingerprint density at radius 1 is 1.00 bits per heavy atom. The van der Waals surface area contributed by atoms with Crippen LogP contribution in [0.3, 0.4) is 0 Å². The van der Waals surface area contributed by atoms with Crippen molar-refractivity contribution in [2.75, 3.05) is 0 Å². The van der Waals surface area contributed by atoms with Crippen LogP contribution in [0.5, 0.6) is 0 Å². The molecule has 2 aromatic carbocycles. The van der Waals surface area contributed by atoms with Gasteiger partial charge in [0, 0.05) is 12.7 Å². The molecule has 0 unspecified atom stereocenters. The predicted molar refractivity (Wildman–Crippen MR) is 98.8 cm³/mol. The van der Waals surface area contributed by atoms with Crippen LogP contribution in [-0.2, 0) is 19.3 Å². The molecule has 0 bridgehead atoms. The SMILES string of the molecule is O=C(NCc1ccc(F)cc1C(F)(F)F)c1cccn(Cc2ccccc2)c1=O. The summed E-state index contributed by atoms with van der Waals surface area (Å²) in [6, 6.07) is 14.1. The number of pyridine rings is 1. The van der Waals surface area contributed by atoms with Crippen LogP contribution in [0.4, 0.5) is 17.6 Å². The summed E-state index contributed by atoms with van der Waals surface area (Å²) in [4.78, 5) is 25.0. The highest BCUT2D eigenvalue weighted by atomic mass is 19.4. The number of aromatic nitrogens is 1. The van der Waals surface area contributed by atoms with E-state index in [9.17, 15) is 27.2 Å². The van der Waals surface area contributed by atoms with Crippen molar-refractivity contribution < 1.29 is 22.4 Å². The Labute approximate surface area is 163 Å². The molecule has 1 heterocycles. The third-order valence-electron chi connectivity index (χ3n) is 4.28. The summed E-state index contributed by atoms with van der Waals surface area (Å²) in [6.45, 7) is -0.252. The van der Waals surface area contributed by atoms with Gasteiger partial charge in [-0.05, 0) is 35.4 Å². The van der Waals surface area contributed by atoms with Crippen LogP contribution in [0, 0.1) is 5.82 Å². The summed E-state index contributed by atoms with van der Waals surface area (Å²) in [5.74, 6) is -1.84. The molecule has 0 atom stereocenters. The molecule has 0 spiro atoms. The first-order valence-corrected chi connectivity index (χ1v) is 8.63. The van der Waals surface area contributed by atoms with Crippen LogP contribution in [-0.4, -0.2) is 10.5 Å². The largest absolute Gasteiger partial charge is 0.416 e. The second-order valence-electron chi connectivity index (χ2n) is 6.32. The average molecular weight is 404 g/mol. The van der Waals surface area contributed by atoms with Crippen LogP contribution >= 0.6 is 0 Å². The molecule has 150 valence electrons. The lowest BCUT2D eigenvalue weighted by atomic mass is 10.1. The summed E-state index contributed by atoms with van der Waals surface area (Å²) < 4.78 is 53.7. The maximum atomic E-state index is 13.2. The quantitative estimate of drug-likeness (QED) is 0.654. The van der Waals surface area contributed by atoms with E-state index >= 15 is 0 Å². The van der Waals surface area contributed by atoms with Crippen LogP contribution in [0.1, 0.15) is 27.0 Å². The van der Waals surface area contributed by atoms with Crippen LogP contribution in [0.15, 0.2) is 71.7 Å². The van der Waals surface area contributed by atoms with Crippen LogP contribution in [0.2, 0.25) is 0 Å². The zero-order valence-corrected chi connectivity index (χ0v) is 15.0. The number of carbonyl (C=O) groups excluding carboxylic acids is 1. The monoisotopic (exact) mass is 404 g/mol. The van der Waals surface area contributed by atoms with Gasteiger partial charge in [-0.1, -0.05) is 36.4 Å². The van der Waals surface area contributed by atoms with E-state index in [1.165, 1.54) is 22.9 Å². The van der Waals surface area contributed by atoms with E-state index in [1.54, 1.807) is 0 Å². The molecule has 0 radical (unpaired) electrons. The topological polar surface area (TPSA) is 51.1 Å². The van der Waals surface area contributed by atoms with Gasteiger partial charge in [-0.15, -0.1) is 0 Å². The van der Waals surface area contributed by atoms with E-state index in [2.05, 4.69) is 5.32 Å². The van der Waals surface area contributed by atoms with Gasteiger partial charge in [0.1, 0.15) is 11.4 Å². The maximum Gasteiger partial charge on any atom is 0.416 e. The Bertz CT molecular complexity index is 1080. The molecule has 1 N–H and O–H groups in total. The Hall–Kier alpha value is -3.42. The number of hydrogen-bond donors (Lipinski definition) is 1. The lowest BCUT2D eigenvalue weighted by Crippen LogP contribution is -2.33. The number of nitrogens with one attached hydrogen (secondary N) is 1. The minimum Gasteiger partial charge on any atom is -0.348 e. The second kappa shape index (κ2) is 8.30. The van der Waals surface area contributed by atoms with Crippen molar-refractivity contribution in [3.05, 3.63) is 105 Å². The fourth-order valence-electron chi connectivity index (χ4n) is 2.85. The number of nitrogens with zero attached hydrogens (tertiary/aromatic N) is 1. The number of hydrogen-bond acceptors (Lipinski definition) is 2. The molecular weight excluding hydrogens is 388 g/mol. The Morgan fingerprint density at radius 2 is 1.72 bits per heavy atom. The molecule has 0 aliphatic carbocycles.